The number of hydrogen-bond acceptors (Lipinski definition) is 2. The first-order valence-electron chi connectivity index (χ1n) is 8.24. The SMILES string of the molecule is CC(O)CC(C)(C)CNC(=O)N(Cc1ccc(Cl)cc1)C1CC1. The van der Waals surface area contributed by atoms with Crippen molar-refractivity contribution in [1.29, 1.82) is 0 Å². The second-order valence-electron chi connectivity index (χ2n) is 7.36. The predicted octanol–water partition coefficient (Wildman–Crippen LogP) is 3.81. The van der Waals surface area contributed by atoms with Crippen LogP contribution in [0.3, 0.4) is 0 Å². The van der Waals surface area contributed by atoms with Crippen LogP contribution < -0.4 is 5.32 Å². The van der Waals surface area contributed by atoms with Gasteiger partial charge in [-0.3, -0.25) is 0 Å². The summed E-state index contributed by atoms with van der Waals surface area (Å²) in [7, 11) is 0. The number of hydrogen-bond donors (Lipinski definition) is 2. The molecule has 5 heteroatoms. The van der Waals surface area contributed by atoms with Crippen LogP contribution in [0.4, 0.5) is 4.79 Å². The Balaban J connectivity index is 1.92. The second kappa shape index (κ2) is 7.54. The zero-order valence-electron chi connectivity index (χ0n) is 14.2. The van der Waals surface area contributed by atoms with E-state index in [0.29, 0.717) is 30.6 Å². The lowest BCUT2D eigenvalue weighted by atomic mass is 9.87. The molecule has 1 aliphatic carbocycles. The fourth-order valence-electron chi connectivity index (χ4n) is 2.83. The molecule has 1 atom stereocenters. The van der Waals surface area contributed by atoms with Gasteiger partial charge in [0.05, 0.1) is 6.10 Å². The predicted molar refractivity (Wildman–Crippen MR) is 93.5 cm³/mol. The first kappa shape index (κ1) is 18.1. The Hall–Kier alpha value is -1.26. The van der Waals surface area contributed by atoms with E-state index in [2.05, 4.69) is 19.2 Å². The lowest BCUT2D eigenvalue weighted by molar-refractivity contribution is 0.126. The number of carbonyl (C=O) groups excluding carboxylic acids is 1. The minimum absolute atomic E-state index is 0.0267. The molecule has 0 saturated heterocycles. The maximum atomic E-state index is 12.6. The summed E-state index contributed by atoms with van der Waals surface area (Å²) in [4.78, 5) is 14.5. The Kier molecular flexibility index (Phi) is 5.93. The molecule has 1 fully saturated rings. The van der Waals surface area contributed by atoms with Crippen LogP contribution in [-0.4, -0.2) is 34.7 Å². The Morgan fingerprint density at radius 2 is 2.00 bits per heavy atom. The monoisotopic (exact) mass is 338 g/mol. The number of benzene rings is 1. The third-order valence-electron chi connectivity index (χ3n) is 4.08. The number of nitrogens with zero attached hydrogens (tertiary/aromatic N) is 1. The van der Waals surface area contributed by atoms with Gasteiger partial charge in [-0.1, -0.05) is 37.6 Å². The van der Waals surface area contributed by atoms with E-state index in [4.69, 9.17) is 11.6 Å². The molecule has 1 aromatic carbocycles. The quantitative estimate of drug-likeness (QED) is 0.794. The van der Waals surface area contributed by atoms with Crippen molar-refractivity contribution in [2.75, 3.05) is 6.54 Å². The largest absolute Gasteiger partial charge is 0.393 e. The number of aliphatic hydroxyl groups is 1. The summed E-state index contributed by atoms with van der Waals surface area (Å²) in [5, 5.41) is 13.3. The van der Waals surface area contributed by atoms with Crippen LogP contribution in [0.2, 0.25) is 5.02 Å². The highest BCUT2D eigenvalue weighted by Gasteiger charge is 2.33. The molecule has 1 unspecified atom stereocenters. The maximum absolute atomic E-state index is 12.6. The van der Waals surface area contributed by atoms with Crippen molar-refractivity contribution < 1.29 is 9.90 Å². The summed E-state index contributed by atoms with van der Waals surface area (Å²) >= 11 is 5.91. The van der Waals surface area contributed by atoms with E-state index < -0.39 is 0 Å². The van der Waals surface area contributed by atoms with Gasteiger partial charge in [-0.05, 0) is 49.3 Å². The van der Waals surface area contributed by atoms with Gasteiger partial charge in [0.25, 0.3) is 0 Å². The molecule has 4 nitrogen and oxygen atoms in total. The van der Waals surface area contributed by atoms with Crippen LogP contribution in [0.5, 0.6) is 0 Å². The molecule has 2 amide bonds. The average molecular weight is 339 g/mol. The van der Waals surface area contributed by atoms with Crippen molar-refractivity contribution in [2.45, 2.75) is 58.7 Å². The van der Waals surface area contributed by atoms with Crippen LogP contribution in [-0.2, 0) is 6.54 Å². The first-order chi connectivity index (χ1) is 10.8. The van der Waals surface area contributed by atoms with Crippen molar-refractivity contribution in [3.63, 3.8) is 0 Å². The molecule has 0 aromatic heterocycles. The lowest BCUT2D eigenvalue weighted by Gasteiger charge is -2.29. The molecule has 2 N–H and O–H groups in total. The van der Waals surface area contributed by atoms with E-state index in [9.17, 15) is 9.90 Å². The highest BCUT2D eigenvalue weighted by Crippen LogP contribution is 2.29. The number of rotatable bonds is 7. The molecule has 0 heterocycles. The number of aliphatic hydroxyl groups excluding tert-OH is 1. The minimum Gasteiger partial charge on any atom is -0.393 e. The summed E-state index contributed by atoms with van der Waals surface area (Å²) in [6.45, 7) is 7.05. The van der Waals surface area contributed by atoms with Crippen LogP contribution >= 0.6 is 11.6 Å². The molecule has 23 heavy (non-hydrogen) atoms. The van der Waals surface area contributed by atoms with Gasteiger partial charge >= 0.3 is 6.03 Å². The third-order valence-corrected chi connectivity index (χ3v) is 4.33. The van der Waals surface area contributed by atoms with E-state index >= 15 is 0 Å². The lowest BCUT2D eigenvalue weighted by Crippen LogP contribution is -2.44. The van der Waals surface area contributed by atoms with Gasteiger partial charge in [0.15, 0.2) is 0 Å². The van der Waals surface area contributed by atoms with E-state index in [1.165, 1.54) is 0 Å². The molecule has 0 bridgehead atoms. The number of urea groups is 1. The van der Waals surface area contributed by atoms with E-state index in [0.717, 1.165) is 18.4 Å². The molecule has 0 spiro atoms. The molecular weight excluding hydrogens is 312 g/mol. The Morgan fingerprint density at radius 1 is 1.39 bits per heavy atom. The average Bonchev–Trinajstić information content (AvgIpc) is 3.27. The first-order valence-corrected chi connectivity index (χ1v) is 8.61. The highest BCUT2D eigenvalue weighted by molar-refractivity contribution is 6.30. The van der Waals surface area contributed by atoms with Gasteiger partial charge < -0.3 is 15.3 Å². The Bertz CT molecular complexity index is 524. The molecule has 2 rings (SSSR count). The van der Waals surface area contributed by atoms with Crippen molar-refractivity contribution >= 4 is 17.6 Å². The van der Waals surface area contributed by atoms with E-state index in [1.807, 2.05) is 29.2 Å². The van der Waals surface area contributed by atoms with Crippen LogP contribution in [0.15, 0.2) is 24.3 Å². The maximum Gasteiger partial charge on any atom is 0.317 e. The van der Waals surface area contributed by atoms with E-state index in [1.54, 1.807) is 6.92 Å². The fraction of sp³-hybridized carbons (Fsp3) is 0.611. The molecule has 1 aromatic rings. The summed E-state index contributed by atoms with van der Waals surface area (Å²) < 4.78 is 0. The van der Waals surface area contributed by atoms with Crippen LogP contribution in [0.25, 0.3) is 0 Å². The second-order valence-corrected chi connectivity index (χ2v) is 7.80. The summed E-state index contributed by atoms with van der Waals surface area (Å²) in [5.74, 6) is 0. The zero-order chi connectivity index (χ0) is 17.0. The highest BCUT2D eigenvalue weighted by atomic mass is 35.5. The number of carbonyl (C=O) groups is 1. The Morgan fingerprint density at radius 3 is 2.52 bits per heavy atom. The smallest absolute Gasteiger partial charge is 0.317 e. The molecular formula is C18H27ClN2O2. The molecule has 0 aliphatic heterocycles. The summed E-state index contributed by atoms with van der Waals surface area (Å²) in [6.07, 6.45) is 2.43. The van der Waals surface area contributed by atoms with Crippen molar-refractivity contribution in [1.82, 2.24) is 10.2 Å². The van der Waals surface area contributed by atoms with Gasteiger partial charge in [-0.25, -0.2) is 4.79 Å². The normalized spacial score (nSPS) is 16.0. The number of amides is 2. The fourth-order valence-corrected chi connectivity index (χ4v) is 2.95. The number of halogens is 1. The van der Waals surface area contributed by atoms with Crippen molar-refractivity contribution in [3.8, 4) is 0 Å². The van der Waals surface area contributed by atoms with Crippen molar-refractivity contribution in [2.24, 2.45) is 5.41 Å². The Labute approximate surface area is 143 Å². The molecule has 128 valence electrons. The topological polar surface area (TPSA) is 52.6 Å². The minimum atomic E-state index is -0.365. The van der Waals surface area contributed by atoms with Gasteiger partial charge in [0.1, 0.15) is 0 Å². The van der Waals surface area contributed by atoms with Gasteiger partial charge in [0.2, 0.25) is 0 Å². The van der Waals surface area contributed by atoms with Crippen LogP contribution in [0, 0.1) is 5.41 Å². The number of nitrogens with one attached hydrogen (secondary N) is 1. The zero-order valence-corrected chi connectivity index (χ0v) is 14.9. The molecule has 1 saturated carbocycles. The van der Waals surface area contributed by atoms with Gasteiger partial charge in [0, 0.05) is 24.2 Å². The third kappa shape index (κ3) is 6.04. The van der Waals surface area contributed by atoms with Crippen LogP contribution in [0.1, 0.15) is 45.6 Å². The van der Waals surface area contributed by atoms with Crippen molar-refractivity contribution in [3.05, 3.63) is 34.9 Å². The van der Waals surface area contributed by atoms with Gasteiger partial charge in [-0.2, -0.15) is 0 Å². The molecule has 0 radical (unpaired) electrons. The van der Waals surface area contributed by atoms with Gasteiger partial charge in [-0.15, -0.1) is 0 Å². The molecule has 1 aliphatic rings. The summed E-state index contributed by atoms with van der Waals surface area (Å²) in [5.41, 5.74) is 0.957. The standard InChI is InChI=1S/C18H27ClN2O2/c1-13(22)10-18(2,3)12-20-17(23)21(16-8-9-16)11-14-4-6-15(19)7-5-14/h4-7,13,16,22H,8-12H2,1-3H3,(H,20,23). The van der Waals surface area contributed by atoms with E-state index in [-0.39, 0.29) is 17.6 Å². The summed E-state index contributed by atoms with van der Waals surface area (Å²) in [6, 6.07) is 7.94.